The number of nitrogens with one attached hydrogen (secondary N) is 1. The van der Waals surface area contributed by atoms with Crippen molar-refractivity contribution >= 4 is 31.6 Å². The van der Waals surface area contributed by atoms with E-state index in [1.807, 2.05) is 13.8 Å². The Kier molecular flexibility index (Phi) is 6.45. The Bertz CT molecular complexity index is 590. The molecule has 0 fully saturated rings. The fourth-order valence-electron chi connectivity index (χ4n) is 1.83. The summed E-state index contributed by atoms with van der Waals surface area (Å²) in [5.74, 6) is 0.462. The van der Waals surface area contributed by atoms with Gasteiger partial charge >= 0.3 is 0 Å². The van der Waals surface area contributed by atoms with Crippen LogP contribution in [-0.4, -0.2) is 33.3 Å². The van der Waals surface area contributed by atoms with Gasteiger partial charge in [-0.15, -0.1) is 0 Å². The summed E-state index contributed by atoms with van der Waals surface area (Å²) in [5, 5.41) is 9.76. The minimum absolute atomic E-state index is 0.0533. The average molecular weight is 381 g/mol. The van der Waals surface area contributed by atoms with Crippen molar-refractivity contribution in [3.63, 3.8) is 0 Å². The lowest BCUT2D eigenvalue weighted by molar-refractivity contribution is 0.152. The number of hydrogen-bond acceptors (Lipinski definition) is 5. The predicted octanol–water partition coefficient (Wildman–Crippen LogP) is 1.73. The van der Waals surface area contributed by atoms with E-state index >= 15 is 0 Å². The summed E-state index contributed by atoms with van der Waals surface area (Å²) in [4.78, 5) is -0.0533. The highest BCUT2D eigenvalue weighted by Gasteiger charge is 2.22. The van der Waals surface area contributed by atoms with Crippen LogP contribution in [0.25, 0.3) is 0 Å². The minimum Gasteiger partial charge on any atom is -0.495 e. The summed E-state index contributed by atoms with van der Waals surface area (Å²) >= 11 is 3.22. The largest absolute Gasteiger partial charge is 0.495 e. The fraction of sp³-hybridized carbons (Fsp3) is 0.538. The Morgan fingerprint density at radius 3 is 2.57 bits per heavy atom. The van der Waals surface area contributed by atoms with Crippen molar-refractivity contribution in [1.82, 2.24) is 4.72 Å². The van der Waals surface area contributed by atoms with Crippen LogP contribution in [0.3, 0.4) is 0 Å². The minimum atomic E-state index is -3.81. The molecule has 21 heavy (non-hydrogen) atoms. The van der Waals surface area contributed by atoms with E-state index in [9.17, 15) is 13.5 Å². The molecule has 6 nitrogen and oxygen atoms in total. The first-order valence-electron chi connectivity index (χ1n) is 6.48. The number of aliphatic hydroxyl groups excluding tert-OH is 1. The Morgan fingerprint density at radius 2 is 2.05 bits per heavy atom. The molecular weight excluding hydrogens is 360 g/mol. The van der Waals surface area contributed by atoms with E-state index in [0.29, 0.717) is 16.6 Å². The first kappa shape index (κ1) is 18.2. The topological polar surface area (TPSA) is 102 Å². The molecule has 0 saturated heterocycles. The standard InChI is InChI=1S/C13H21BrN2O4S/c1-8(2)4-9(17)7-16-21(18,19)13-6-11(15)10(14)5-12(13)20-3/h5-6,8-9,16-17H,4,7,15H2,1-3H3. The first-order chi connectivity index (χ1) is 9.67. The summed E-state index contributed by atoms with van der Waals surface area (Å²) in [6.45, 7) is 3.85. The highest BCUT2D eigenvalue weighted by molar-refractivity contribution is 9.10. The van der Waals surface area contributed by atoms with Crippen LogP contribution in [0.1, 0.15) is 20.3 Å². The molecule has 120 valence electrons. The van der Waals surface area contributed by atoms with E-state index in [-0.39, 0.29) is 23.1 Å². The smallest absolute Gasteiger partial charge is 0.244 e. The van der Waals surface area contributed by atoms with Gasteiger partial charge in [0.1, 0.15) is 10.6 Å². The zero-order valence-electron chi connectivity index (χ0n) is 12.3. The van der Waals surface area contributed by atoms with Crippen LogP contribution in [0.2, 0.25) is 0 Å². The number of benzene rings is 1. The number of hydrogen-bond donors (Lipinski definition) is 3. The second-order valence-electron chi connectivity index (χ2n) is 5.16. The Morgan fingerprint density at radius 1 is 1.43 bits per heavy atom. The van der Waals surface area contributed by atoms with Crippen molar-refractivity contribution in [2.45, 2.75) is 31.3 Å². The van der Waals surface area contributed by atoms with Gasteiger partial charge in [0, 0.05) is 16.7 Å². The van der Waals surface area contributed by atoms with Crippen LogP contribution in [-0.2, 0) is 10.0 Å². The maximum absolute atomic E-state index is 12.3. The molecule has 0 radical (unpaired) electrons. The highest BCUT2D eigenvalue weighted by Crippen LogP contribution is 2.32. The Labute approximate surface area is 133 Å². The molecule has 1 aromatic carbocycles. The van der Waals surface area contributed by atoms with Gasteiger partial charge in [-0.25, -0.2) is 13.1 Å². The molecule has 1 unspecified atom stereocenters. The average Bonchev–Trinajstić information content (AvgIpc) is 2.38. The molecule has 0 saturated carbocycles. The number of nitrogens with two attached hydrogens (primary N) is 1. The quantitative estimate of drug-likeness (QED) is 0.625. The molecule has 0 aromatic heterocycles. The number of rotatable bonds is 7. The van der Waals surface area contributed by atoms with Crippen molar-refractivity contribution in [2.24, 2.45) is 5.92 Å². The zero-order valence-corrected chi connectivity index (χ0v) is 14.7. The van der Waals surface area contributed by atoms with E-state index < -0.39 is 16.1 Å². The van der Waals surface area contributed by atoms with Crippen molar-refractivity contribution in [1.29, 1.82) is 0 Å². The third kappa shape index (κ3) is 5.14. The zero-order chi connectivity index (χ0) is 16.2. The van der Waals surface area contributed by atoms with Crippen LogP contribution < -0.4 is 15.2 Å². The van der Waals surface area contributed by atoms with E-state index in [1.54, 1.807) is 0 Å². The number of nitrogen functional groups attached to an aromatic ring is 1. The van der Waals surface area contributed by atoms with Gasteiger partial charge in [-0.2, -0.15) is 0 Å². The van der Waals surface area contributed by atoms with Crippen molar-refractivity contribution in [2.75, 3.05) is 19.4 Å². The molecule has 1 aromatic rings. The lowest BCUT2D eigenvalue weighted by atomic mass is 10.1. The molecule has 0 spiro atoms. The molecular formula is C13H21BrN2O4S. The Hall–Kier alpha value is -0.830. The van der Waals surface area contributed by atoms with Crippen LogP contribution in [0, 0.1) is 5.92 Å². The summed E-state index contributed by atoms with van der Waals surface area (Å²) in [6, 6.07) is 2.81. The van der Waals surface area contributed by atoms with Gasteiger partial charge in [0.25, 0.3) is 0 Å². The van der Waals surface area contributed by atoms with E-state index in [1.165, 1.54) is 19.2 Å². The maximum atomic E-state index is 12.3. The van der Waals surface area contributed by atoms with Crippen molar-refractivity contribution < 1.29 is 18.3 Å². The third-order valence-electron chi connectivity index (χ3n) is 2.82. The molecule has 1 rings (SSSR count). The molecule has 4 N–H and O–H groups in total. The summed E-state index contributed by atoms with van der Waals surface area (Å²) in [5.41, 5.74) is 6.01. The molecule has 0 aliphatic rings. The number of anilines is 1. The highest BCUT2D eigenvalue weighted by atomic mass is 79.9. The SMILES string of the molecule is COc1cc(Br)c(N)cc1S(=O)(=O)NCC(O)CC(C)C. The molecule has 0 heterocycles. The van der Waals surface area contributed by atoms with Gasteiger partial charge in [-0.3, -0.25) is 0 Å². The predicted molar refractivity (Wildman–Crippen MR) is 85.8 cm³/mol. The number of aliphatic hydroxyl groups is 1. The number of methoxy groups -OCH3 is 1. The molecule has 1 atom stereocenters. The number of ether oxygens (including phenoxy) is 1. The third-order valence-corrected chi connectivity index (χ3v) is 4.96. The maximum Gasteiger partial charge on any atom is 0.244 e. The van der Waals surface area contributed by atoms with E-state index in [4.69, 9.17) is 10.5 Å². The molecule has 0 aliphatic carbocycles. The van der Waals surface area contributed by atoms with Crippen molar-refractivity contribution in [3.05, 3.63) is 16.6 Å². The van der Waals surface area contributed by atoms with Gasteiger partial charge in [0.05, 0.1) is 13.2 Å². The second kappa shape index (κ2) is 7.44. The molecule has 0 aliphatic heterocycles. The normalized spacial score (nSPS) is 13.4. The number of sulfonamides is 1. The van der Waals surface area contributed by atoms with Gasteiger partial charge in [-0.1, -0.05) is 13.8 Å². The van der Waals surface area contributed by atoms with Gasteiger partial charge in [0.15, 0.2) is 0 Å². The summed E-state index contributed by atoms with van der Waals surface area (Å²) < 4.78 is 32.6. The second-order valence-corrected chi connectivity index (χ2v) is 7.75. The van der Waals surface area contributed by atoms with Crippen LogP contribution >= 0.6 is 15.9 Å². The summed E-state index contributed by atoms with van der Waals surface area (Å²) in [6.07, 6.45) is -0.221. The molecule has 0 amide bonds. The lowest BCUT2D eigenvalue weighted by Gasteiger charge is -2.16. The summed E-state index contributed by atoms with van der Waals surface area (Å²) in [7, 11) is -2.43. The van der Waals surface area contributed by atoms with Gasteiger partial charge in [0.2, 0.25) is 10.0 Å². The Balaban J connectivity index is 2.95. The van der Waals surface area contributed by atoms with E-state index in [0.717, 1.165) is 0 Å². The van der Waals surface area contributed by atoms with Gasteiger partial charge in [-0.05, 0) is 40.4 Å². The monoisotopic (exact) mass is 380 g/mol. The molecule has 8 heteroatoms. The van der Waals surface area contributed by atoms with Gasteiger partial charge < -0.3 is 15.6 Å². The number of halogens is 1. The fourth-order valence-corrected chi connectivity index (χ4v) is 3.41. The van der Waals surface area contributed by atoms with E-state index in [2.05, 4.69) is 20.7 Å². The van der Waals surface area contributed by atoms with Crippen LogP contribution in [0.4, 0.5) is 5.69 Å². The lowest BCUT2D eigenvalue weighted by Crippen LogP contribution is -2.33. The first-order valence-corrected chi connectivity index (χ1v) is 8.75. The van der Waals surface area contributed by atoms with Crippen molar-refractivity contribution in [3.8, 4) is 5.75 Å². The van der Waals surface area contributed by atoms with Crippen LogP contribution in [0.5, 0.6) is 5.75 Å². The van der Waals surface area contributed by atoms with Crippen LogP contribution in [0.15, 0.2) is 21.5 Å². The molecule has 0 bridgehead atoms.